The van der Waals surface area contributed by atoms with Crippen molar-refractivity contribution in [1.29, 1.82) is 0 Å². The predicted octanol–water partition coefficient (Wildman–Crippen LogP) is 3.69. The zero-order chi connectivity index (χ0) is 15.0. The fourth-order valence-electron chi connectivity index (χ4n) is 2.61. The highest BCUT2D eigenvalue weighted by Gasteiger charge is 2.20. The number of nitrogens with zero attached hydrogens (tertiary/aromatic N) is 1. The first kappa shape index (κ1) is 14.0. The molecule has 0 fully saturated rings. The van der Waals surface area contributed by atoms with Gasteiger partial charge in [0.1, 0.15) is 5.82 Å². The highest BCUT2D eigenvalue weighted by molar-refractivity contribution is 6.30. The Morgan fingerprint density at radius 3 is 2.67 bits per heavy atom. The van der Waals surface area contributed by atoms with Crippen LogP contribution in [-0.2, 0) is 19.6 Å². The Morgan fingerprint density at radius 1 is 1.19 bits per heavy atom. The molecule has 0 aromatic heterocycles. The van der Waals surface area contributed by atoms with Crippen molar-refractivity contribution in [1.82, 2.24) is 4.90 Å². The zero-order valence-corrected chi connectivity index (χ0v) is 11.9. The van der Waals surface area contributed by atoms with E-state index in [9.17, 15) is 9.18 Å². The van der Waals surface area contributed by atoms with Crippen LogP contribution in [0.1, 0.15) is 27.0 Å². The maximum Gasteiger partial charge on any atom is 0.335 e. The lowest BCUT2D eigenvalue weighted by Crippen LogP contribution is -2.15. The Balaban J connectivity index is 1.75. The molecule has 1 aliphatic heterocycles. The molecule has 0 saturated carbocycles. The van der Waals surface area contributed by atoms with E-state index in [2.05, 4.69) is 4.90 Å². The molecule has 0 atom stereocenters. The van der Waals surface area contributed by atoms with E-state index in [4.69, 9.17) is 16.7 Å². The molecule has 1 N–H and O–H groups in total. The van der Waals surface area contributed by atoms with Gasteiger partial charge in [-0.25, -0.2) is 9.18 Å². The Kier molecular flexibility index (Phi) is 3.66. The van der Waals surface area contributed by atoms with Gasteiger partial charge in [-0.1, -0.05) is 23.7 Å². The van der Waals surface area contributed by atoms with Gasteiger partial charge in [0, 0.05) is 19.6 Å². The summed E-state index contributed by atoms with van der Waals surface area (Å²) in [5.41, 5.74) is 3.41. The number of carboxylic acid groups (broad SMARTS) is 1. The Hall–Kier alpha value is -1.91. The summed E-state index contributed by atoms with van der Waals surface area (Å²) < 4.78 is 13.1. The molecule has 5 heteroatoms. The molecule has 1 aliphatic rings. The normalized spacial score (nSPS) is 14.2. The molecule has 3 rings (SSSR count). The maximum absolute atomic E-state index is 13.1. The molecule has 2 aromatic carbocycles. The average molecular weight is 306 g/mol. The first-order valence-corrected chi connectivity index (χ1v) is 6.92. The summed E-state index contributed by atoms with van der Waals surface area (Å²) in [5.74, 6) is -1.34. The predicted molar refractivity (Wildman–Crippen MR) is 77.8 cm³/mol. The summed E-state index contributed by atoms with van der Waals surface area (Å²) in [6, 6.07) is 9.91. The molecule has 0 saturated heterocycles. The number of rotatable bonds is 3. The lowest BCUT2D eigenvalue weighted by molar-refractivity contribution is 0.0696. The van der Waals surface area contributed by atoms with Gasteiger partial charge in [-0.05, 0) is 41.0 Å². The topological polar surface area (TPSA) is 40.5 Å². The first-order valence-electron chi connectivity index (χ1n) is 6.54. The number of halogens is 2. The fourth-order valence-corrected chi connectivity index (χ4v) is 2.81. The van der Waals surface area contributed by atoms with E-state index < -0.39 is 11.8 Å². The van der Waals surface area contributed by atoms with E-state index in [-0.39, 0.29) is 5.02 Å². The summed E-state index contributed by atoms with van der Waals surface area (Å²) in [6.45, 7) is 2.09. The Morgan fingerprint density at radius 2 is 1.95 bits per heavy atom. The van der Waals surface area contributed by atoms with Crippen molar-refractivity contribution >= 4 is 17.6 Å². The molecule has 0 radical (unpaired) electrons. The molecular formula is C16H13ClFNO2. The van der Waals surface area contributed by atoms with Crippen LogP contribution in [0, 0.1) is 5.82 Å². The molecule has 0 unspecified atom stereocenters. The lowest BCUT2D eigenvalue weighted by atomic mass is 10.1. The van der Waals surface area contributed by atoms with E-state index in [0.717, 1.165) is 23.2 Å². The average Bonchev–Trinajstić information content (AvgIpc) is 2.84. The quantitative estimate of drug-likeness (QED) is 0.940. The second-order valence-electron chi connectivity index (χ2n) is 5.18. The molecule has 21 heavy (non-hydrogen) atoms. The van der Waals surface area contributed by atoms with Crippen LogP contribution >= 0.6 is 11.6 Å². The zero-order valence-electron chi connectivity index (χ0n) is 11.1. The van der Waals surface area contributed by atoms with Gasteiger partial charge in [-0.15, -0.1) is 0 Å². The van der Waals surface area contributed by atoms with Gasteiger partial charge in [0.2, 0.25) is 0 Å². The van der Waals surface area contributed by atoms with Crippen LogP contribution in [0.2, 0.25) is 5.02 Å². The number of fused-ring (bicyclic) bond motifs is 1. The smallest absolute Gasteiger partial charge is 0.335 e. The largest absolute Gasteiger partial charge is 0.478 e. The van der Waals surface area contributed by atoms with E-state index >= 15 is 0 Å². The van der Waals surface area contributed by atoms with Crippen LogP contribution in [0.5, 0.6) is 0 Å². The molecule has 2 aromatic rings. The number of hydrogen-bond donors (Lipinski definition) is 1. The van der Waals surface area contributed by atoms with Crippen molar-refractivity contribution in [3.05, 3.63) is 69.5 Å². The molecule has 0 spiro atoms. The van der Waals surface area contributed by atoms with Crippen LogP contribution in [0.25, 0.3) is 0 Å². The minimum atomic E-state index is -0.915. The molecule has 1 heterocycles. The van der Waals surface area contributed by atoms with Crippen LogP contribution in [0.15, 0.2) is 36.4 Å². The van der Waals surface area contributed by atoms with Crippen molar-refractivity contribution in [3.63, 3.8) is 0 Å². The summed E-state index contributed by atoms with van der Waals surface area (Å²) >= 11 is 5.79. The van der Waals surface area contributed by atoms with Gasteiger partial charge >= 0.3 is 5.97 Å². The Labute approximate surface area is 126 Å². The van der Waals surface area contributed by atoms with Crippen LogP contribution in [-0.4, -0.2) is 16.0 Å². The van der Waals surface area contributed by atoms with Crippen LogP contribution < -0.4 is 0 Å². The van der Waals surface area contributed by atoms with E-state index in [1.54, 1.807) is 24.3 Å². The van der Waals surface area contributed by atoms with Gasteiger partial charge in [0.05, 0.1) is 10.6 Å². The summed E-state index contributed by atoms with van der Waals surface area (Å²) in [5, 5.41) is 9.13. The standard InChI is InChI=1S/C16H13ClFNO2/c17-14-5-10(1-4-15(14)18)7-19-8-12-3-2-11(16(20)21)6-13(12)9-19/h1-6H,7-9H2,(H,20,21). The van der Waals surface area contributed by atoms with E-state index in [1.165, 1.54) is 6.07 Å². The van der Waals surface area contributed by atoms with Crippen molar-refractivity contribution in [2.45, 2.75) is 19.6 Å². The third-order valence-electron chi connectivity index (χ3n) is 3.63. The number of hydrogen-bond acceptors (Lipinski definition) is 2. The third kappa shape index (κ3) is 2.91. The number of carbonyl (C=O) groups is 1. The van der Waals surface area contributed by atoms with Crippen LogP contribution in [0.4, 0.5) is 4.39 Å². The highest BCUT2D eigenvalue weighted by Crippen LogP contribution is 2.26. The van der Waals surface area contributed by atoms with Crippen molar-refractivity contribution in [2.75, 3.05) is 0 Å². The molecule has 3 nitrogen and oxygen atoms in total. The van der Waals surface area contributed by atoms with Gasteiger partial charge in [-0.3, -0.25) is 4.90 Å². The number of aromatic carboxylic acids is 1. The fraction of sp³-hybridized carbons (Fsp3) is 0.188. The van der Waals surface area contributed by atoms with E-state index in [0.29, 0.717) is 18.7 Å². The van der Waals surface area contributed by atoms with Gasteiger partial charge < -0.3 is 5.11 Å². The van der Waals surface area contributed by atoms with Gasteiger partial charge in [0.25, 0.3) is 0 Å². The lowest BCUT2D eigenvalue weighted by Gasteiger charge is -2.15. The highest BCUT2D eigenvalue weighted by atomic mass is 35.5. The molecule has 0 aliphatic carbocycles. The van der Waals surface area contributed by atoms with Crippen molar-refractivity contribution < 1.29 is 14.3 Å². The van der Waals surface area contributed by atoms with E-state index in [1.807, 2.05) is 6.07 Å². The number of carboxylic acids is 1. The molecule has 0 amide bonds. The third-order valence-corrected chi connectivity index (χ3v) is 3.92. The second kappa shape index (κ2) is 5.47. The first-order chi connectivity index (χ1) is 10.0. The Bertz CT molecular complexity index is 717. The maximum atomic E-state index is 13.1. The summed E-state index contributed by atoms with van der Waals surface area (Å²) in [6.07, 6.45) is 0. The molecule has 0 bridgehead atoms. The molecule has 108 valence electrons. The number of benzene rings is 2. The van der Waals surface area contributed by atoms with Crippen molar-refractivity contribution in [3.8, 4) is 0 Å². The molecular weight excluding hydrogens is 293 g/mol. The minimum Gasteiger partial charge on any atom is -0.478 e. The van der Waals surface area contributed by atoms with Gasteiger partial charge in [0.15, 0.2) is 0 Å². The van der Waals surface area contributed by atoms with Crippen molar-refractivity contribution in [2.24, 2.45) is 0 Å². The summed E-state index contributed by atoms with van der Waals surface area (Å²) in [7, 11) is 0. The monoisotopic (exact) mass is 305 g/mol. The van der Waals surface area contributed by atoms with Gasteiger partial charge in [-0.2, -0.15) is 0 Å². The van der Waals surface area contributed by atoms with Crippen LogP contribution in [0.3, 0.4) is 0 Å². The summed E-state index contributed by atoms with van der Waals surface area (Å²) in [4.78, 5) is 13.1. The second-order valence-corrected chi connectivity index (χ2v) is 5.59. The minimum absolute atomic E-state index is 0.123. The SMILES string of the molecule is O=C(O)c1ccc2c(c1)CN(Cc1ccc(F)c(Cl)c1)C2.